The summed E-state index contributed by atoms with van der Waals surface area (Å²) in [6.45, 7) is 0. The van der Waals surface area contributed by atoms with E-state index >= 15 is 0 Å². The van der Waals surface area contributed by atoms with Gasteiger partial charge in [-0.1, -0.05) is 0 Å². The van der Waals surface area contributed by atoms with E-state index in [1.807, 2.05) is 0 Å². The van der Waals surface area contributed by atoms with Crippen molar-refractivity contribution in [2.75, 3.05) is 5.32 Å². The summed E-state index contributed by atoms with van der Waals surface area (Å²) in [7, 11) is 2.92. The van der Waals surface area contributed by atoms with Crippen molar-refractivity contribution in [1.82, 2.24) is 9.97 Å². The Labute approximate surface area is 89.5 Å². The van der Waals surface area contributed by atoms with Crippen LogP contribution in [-0.4, -0.2) is 31.7 Å². The molecule has 0 atom stereocenters. The Hall–Kier alpha value is -0.943. The fraction of sp³-hybridized carbons (Fsp3) is 0.375. The van der Waals surface area contributed by atoms with E-state index in [1.165, 1.54) is 6.20 Å². The van der Waals surface area contributed by atoms with Gasteiger partial charge in [0.25, 0.3) is 0 Å². The molecule has 0 unspecified atom stereocenters. The minimum atomic E-state index is -0.246. The molecule has 0 aliphatic heterocycles. The largest absolute Gasteiger partial charge is 0.367 e. The molecule has 2 rings (SSSR count). The lowest BCUT2D eigenvalue weighted by atomic mass is 10.3. The lowest BCUT2D eigenvalue weighted by Crippen LogP contribution is -2.11. The lowest BCUT2D eigenvalue weighted by molar-refractivity contribution is 0.108. The Kier molecular flexibility index (Phi) is 2.51. The molecule has 3 radical (unpaired) electrons. The van der Waals surface area contributed by atoms with Crippen LogP contribution < -0.4 is 5.32 Å². The summed E-state index contributed by atoms with van der Waals surface area (Å²) in [5.41, 5.74) is 0.415. The van der Waals surface area contributed by atoms with E-state index in [-0.39, 0.29) is 10.7 Å². The molecule has 0 bridgehead atoms. The van der Waals surface area contributed by atoms with Gasteiger partial charge in [0, 0.05) is 12.2 Å². The molecule has 1 aliphatic carbocycles. The summed E-state index contributed by atoms with van der Waals surface area (Å²) in [5, 5.41) is 3.02. The second-order valence-corrected chi connectivity index (χ2v) is 3.94. The molecule has 1 saturated carbocycles. The third-order valence-electron chi connectivity index (χ3n) is 1.92. The number of anilines is 1. The maximum atomic E-state index is 11.1. The summed E-state index contributed by atoms with van der Waals surface area (Å²) in [6.07, 6.45) is 3.63. The van der Waals surface area contributed by atoms with Crippen molar-refractivity contribution in [1.29, 1.82) is 0 Å². The molecular formula is C8H7ClN3OSi. The van der Waals surface area contributed by atoms with Crippen LogP contribution in [0.15, 0.2) is 6.20 Å². The van der Waals surface area contributed by atoms with Gasteiger partial charge in [-0.25, -0.2) is 9.97 Å². The fourth-order valence-electron chi connectivity index (χ4n) is 1.06. The minimum absolute atomic E-state index is 0.143. The van der Waals surface area contributed by atoms with Crippen LogP contribution in [0.25, 0.3) is 0 Å². The second-order valence-electron chi connectivity index (χ2n) is 3.15. The molecule has 1 aromatic rings. The number of nitrogens with one attached hydrogen (secondary N) is 1. The van der Waals surface area contributed by atoms with E-state index < -0.39 is 0 Å². The van der Waals surface area contributed by atoms with Crippen molar-refractivity contribution in [2.45, 2.75) is 18.9 Å². The predicted molar refractivity (Wildman–Crippen MR) is 53.8 cm³/mol. The lowest BCUT2D eigenvalue weighted by Gasteiger charge is -2.07. The molecule has 0 aromatic carbocycles. The molecule has 0 amide bonds. The first-order valence-corrected chi connectivity index (χ1v) is 5.09. The first kappa shape index (κ1) is 9.61. The van der Waals surface area contributed by atoms with Crippen molar-refractivity contribution >= 4 is 33.1 Å². The molecule has 14 heavy (non-hydrogen) atoms. The number of aromatic nitrogens is 2. The standard InChI is InChI=1S/C8H7ClN3OSi/c9-8-10-3-5(7(13)14)6(12-8)11-4-1-2-4/h3-4H,1-2H2,(H,10,11,12). The van der Waals surface area contributed by atoms with Gasteiger partial charge in [0.2, 0.25) is 5.28 Å². The molecule has 0 saturated heterocycles. The van der Waals surface area contributed by atoms with Gasteiger partial charge >= 0.3 is 0 Å². The van der Waals surface area contributed by atoms with Crippen molar-refractivity contribution in [3.8, 4) is 0 Å². The Morgan fingerprint density at radius 2 is 2.36 bits per heavy atom. The first-order chi connectivity index (χ1) is 6.66. The second kappa shape index (κ2) is 3.66. The SMILES string of the molecule is O=C([Si])c1cnc(Cl)nc1NC1CC1. The number of nitrogens with zero attached hydrogens (tertiary/aromatic N) is 2. The zero-order chi connectivity index (χ0) is 10.1. The van der Waals surface area contributed by atoms with E-state index in [4.69, 9.17) is 11.6 Å². The van der Waals surface area contributed by atoms with Crippen LogP contribution in [0.4, 0.5) is 5.82 Å². The number of halogens is 1. The van der Waals surface area contributed by atoms with Crippen LogP contribution in [0.1, 0.15) is 23.2 Å². The average Bonchev–Trinajstić information content (AvgIpc) is 2.87. The number of rotatable bonds is 3. The van der Waals surface area contributed by atoms with E-state index in [0.717, 1.165) is 12.8 Å². The molecule has 4 nitrogen and oxygen atoms in total. The van der Waals surface area contributed by atoms with Gasteiger partial charge in [-0.3, -0.25) is 0 Å². The molecule has 0 spiro atoms. The van der Waals surface area contributed by atoms with Gasteiger partial charge in [0.1, 0.15) is 21.5 Å². The van der Waals surface area contributed by atoms with Crippen molar-refractivity contribution in [3.05, 3.63) is 17.0 Å². The summed E-state index contributed by atoms with van der Waals surface area (Å²) in [4.78, 5) is 18.8. The number of carbonyl (C=O) groups excluding carboxylic acids is 1. The van der Waals surface area contributed by atoms with Crippen molar-refractivity contribution in [2.24, 2.45) is 0 Å². The van der Waals surface area contributed by atoms with Gasteiger partial charge in [-0.05, 0) is 24.4 Å². The smallest absolute Gasteiger partial charge is 0.224 e. The van der Waals surface area contributed by atoms with Crippen molar-refractivity contribution in [3.63, 3.8) is 0 Å². The van der Waals surface area contributed by atoms with Gasteiger partial charge < -0.3 is 10.1 Å². The molecule has 1 aromatic heterocycles. The van der Waals surface area contributed by atoms with E-state index in [2.05, 4.69) is 25.5 Å². The molecule has 1 heterocycles. The highest BCUT2D eigenvalue weighted by atomic mass is 35.5. The van der Waals surface area contributed by atoms with Crippen LogP contribution in [0.3, 0.4) is 0 Å². The maximum Gasteiger partial charge on any atom is 0.224 e. The topological polar surface area (TPSA) is 54.9 Å². The third kappa shape index (κ3) is 2.10. The first-order valence-electron chi connectivity index (χ1n) is 4.22. The number of hydrogen-bond acceptors (Lipinski definition) is 4. The Morgan fingerprint density at radius 3 is 2.93 bits per heavy atom. The summed E-state index contributed by atoms with van der Waals surface area (Å²) in [5.74, 6) is 0.507. The minimum Gasteiger partial charge on any atom is -0.367 e. The molecule has 1 fully saturated rings. The molecule has 1 aliphatic rings. The van der Waals surface area contributed by atoms with Crippen LogP contribution in [-0.2, 0) is 0 Å². The Morgan fingerprint density at radius 1 is 1.64 bits per heavy atom. The third-order valence-corrected chi connectivity index (χ3v) is 2.37. The van der Waals surface area contributed by atoms with Gasteiger partial charge in [0.15, 0.2) is 0 Å². The molecule has 71 valence electrons. The maximum absolute atomic E-state index is 11.1. The van der Waals surface area contributed by atoms with E-state index in [9.17, 15) is 4.79 Å². The normalized spacial score (nSPS) is 15.3. The fourth-order valence-corrected chi connectivity index (χ4v) is 1.37. The quantitative estimate of drug-likeness (QED) is 0.615. The van der Waals surface area contributed by atoms with Gasteiger partial charge in [0.05, 0.1) is 5.56 Å². The average molecular weight is 225 g/mol. The number of hydrogen-bond donors (Lipinski definition) is 1. The summed E-state index contributed by atoms with van der Waals surface area (Å²) >= 11 is 5.64. The highest BCUT2D eigenvalue weighted by molar-refractivity contribution is 6.62. The van der Waals surface area contributed by atoms with E-state index in [0.29, 0.717) is 17.4 Å². The predicted octanol–water partition coefficient (Wildman–Crippen LogP) is 1.01. The van der Waals surface area contributed by atoms with Gasteiger partial charge in [-0.2, -0.15) is 0 Å². The highest BCUT2D eigenvalue weighted by Crippen LogP contribution is 2.25. The summed E-state index contributed by atoms with van der Waals surface area (Å²) < 4.78 is 0. The zero-order valence-electron chi connectivity index (χ0n) is 7.25. The van der Waals surface area contributed by atoms with Crippen LogP contribution in [0, 0.1) is 0 Å². The van der Waals surface area contributed by atoms with Crippen LogP contribution in [0.2, 0.25) is 5.28 Å². The zero-order valence-corrected chi connectivity index (χ0v) is 9.01. The molecule has 1 N–H and O–H groups in total. The van der Waals surface area contributed by atoms with Gasteiger partial charge in [-0.15, -0.1) is 0 Å². The Balaban J connectivity index is 2.31. The van der Waals surface area contributed by atoms with Crippen LogP contribution >= 0.6 is 11.6 Å². The Bertz CT molecular complexity index is 381. The monoisotopic (exact) mass is 224 g/mol. The van der Waals surface area contributed by atoms with Crippen LogP contribution in [0.5, 0.6) is 0 Å². The van der Waals surface area contributed by atoms with Crippen molar-refractivity contribution < 1.29 is 4.79 Å². The highest BCUT2D eigenvalue weighted by Gasteiger charge is 2.23. The summed E-state index contributed by atoms with van der Waals surface area (Å²) in [6, 6.07) is 0.422. The molecule has 6 heteroatoms. The molecular weight excluding hydrogens is 218 g/mol. The number of carbonyl (C=O) groups is 1. The van der Waals surface area contributed by atoms with E-state index in [1.54, 1.807) is 0 Å².